The van der Waals surface area contributed by atoms with E-state index >= 15 is 0 Å². The lowest BCUT2D eigenvalue weighted by Crippen LogP contribution is -2.46. The van der Waals surface area contributed by atoms with E-state index in [1.165, 1.54) is 24.6 Å². The highest BCUT2D eigenvalue weighted by atomic mass is 19.4. The number of ether oxygens (including phenoxy) is 1. The number of halogens is 4. The van der Waals surface area contributed by atoms with Gasteiger partial charge in [0, 0.05) is 30.8 Å². The fourth-order valence-corrected chi connectivity index (χ4v) is 4.10. The molecule has 0 radical (unpaired) electrons. The van der Waals surface area contributed by atoms with Gasteiger partial charge in [0.05, 0.1) is 5.54 Å². The number of nitrogens with two attached hydrogens (primary N) is 1. The predicted molar refractivity (Wildman–Crippen MR) is 110 cm³/mol. The molecule has 6 nitrogen and oxygen atoms in total. The van der Waals surface area contributed by atoms with Crippen molar-refractivity contribution in [3.8, 4) is 0 Å². The summed E-state index contributed by atoms with van der Waals surface area (Å²) in [5, 5.41) is 2.71. The fraction of sp³-hybridized carbons (Fsp3) is 0.364. The number of urea groups is 1. The molecule has 0 aromatic heterocycles. The van der Waals surface area contributed by atoms with E-state index in [4.69, 9.17) is 5.73 Å². The van der Waals surface area contributed by atoms with Crippen LogP contribution in [-0.4, -0.2) is 35.8 Å². The van der Waals surface area contributed by atoms with E-state index in [1.54, 1.807) is 4.90 Å². The summed E-state index contributed by atoms with van der Waals surface area (Å²) in [5.74, 6) is -0.753. The smallest absolute Gasteiger partial charge is 0.425 e. The van der Waals surface area contributed by atoms with Gasteiger partial charge in [-0.05, 0) is 42.7 Å². The number of nitrogens with zero attached hydrogens (tertiary/aromatic N) is 2. The van der Waals surface area contributed by atoms with Crippen LogP contribution in [0.25, 0.3) is 0 Å². The van der Waals surface area contributed by atoms with Crippen molar-refractivity contribution < 1.29 is 27.1 Å². The molecule has 0 fully saturated rings. The van der Waals surface area contributed by atoms with Gasteiger partial charge in [-0.15, -0.1) is 0 Å². The van der Waals surface area contributed by atoms with E-state index in [0.717, 1.165) is 11.6 Å². The zero-order chi connectivity index (χ0) is 23.1. The molecule has 0 spiro atoms. The maximum Gasteiger partial charge on any atom is 0.425 e. The minimum absolute atomic E-state index is 0.111. The first kappa shape index (κ1) is 21.9. The molecule has 0 saturated heterocycles. The first-order chi connectivity index (χ1) is 15.0. The van der Waals surface area contributed by atoms with Gasteiger partial charge in [0.2, 0.25) is 0 Å². The normalized spacial score (nSPS) is 23.1. The summed E-state index contributed by atoms with van der Waals surface area (Å²) in [6.07, 6.45) is -6.83. The van der Waals surface area contributed by atoms with Gasteiger partial charge in [0.15, 0.2) is 6.10 Å². The minimum atomic E-state index is -4.69. The van der Waals surface area contributed by atoms with Crippen LogP contribution < -0.4 is 11.1 Å². The molecule has 2 aliphatic rings. The number of fused-ring (bicyclic) bond motifs is 1. The monoisotopic (exact) mass is 450 g/mol. The largest absolute Gasteiger partial charge is 0.452 e. The van der Waals surface area contributed by atoms with Crippen LogP contribution in [0.4, 0.5) is 28.0 Å². The third-order valence-corrected chi connectivity index (χ3v) is 5.78. The van der Waals surface area contributed by atoms with Crippen LogP contribution in [0.5, 0.6) is 0 Å². The zero-order valence-electron chi connectivity index (χ0n) is 17.2. The van der Waals surface area contributed by atoms with Crippen molar-refractivity contribution in [1.82, 2.24) is 4.90 Å². The molecule has 2 aliphatic heterocycles. The van der Waals surface area contributed by atoms with Crippen LogP contribution in [-0.2, 0) is 23.2 Å². The Kier molecular flexibility index (Phi) is 5.47. The maximum absolute atomic E-state index is 14.7. The number of aliphatic imine (C=N–C) groups is 1. The molecule has 2 atom stereocenters. The highest BCUT2D eigenvalue weighted by Crippen LogP contribution is 2.41. The summed E-state index contributed by atoms with van der Waals surface area (Å²) in [5.41, 5.74) is 6.22. The lowest BCUT2D eigenvalue weighted by Gasteiger charge is -2.36. The first-order valence-electron chi connectivity index (χ1n) is 10.1. The van der Waals surface area contributed by atoms with Crippen LogP contribution in [0, 0.1) is 5.82 Å². The van der Waals surface area contributed by atoms with Crippen molar-refractivity contribution >= 4 is 17.7 Å². The molecule has 170 valence electrons. The topological polar surface area (TPSA) is 80.0 Å². The van der Waals surface area contributed by atoms with Crippen molar-refractivity contribution in [2.45, 2.75) is 44.1 Å². The van der Waals surface area contributed by atoms with Gasteiger partial charge in [-0.2, -0.15) is 13.2 Å². The third-order valence-electron chi connectivity index (χ3n) is 5.78. The molecule has 3 N–H and O–H groups in total. The molecule has 2 heterocycles. The van der Waals surface area contributed by atoms with Gasteiger partial charge in [-0.1, -0.05) is 24.3 Å². The summed E-state index contributed by atoms with van der Waals surface area (Å²) < 4.78 is 59.0. The Morgan fingerprint density at radius 1 is 1.25 bits per heavy atom. The van der Waals surface area contributed by atoms with Gasteiger partial charge in [0.1, 0.15) is 5.82 Å². The molecule has 2 amide bonds. The second kappa shape index (κ2) is 7.99. The van der Waals surface area contributed by atoms with Crippen molar-refractivity contribution in [3.05, 3.63) is 65.0 Å². The van der Waals surface area contributed by atoms with Gasteiger partial charge in [0.25, 0.3) is 6.02 Å². The van der Waals surface area contributed by atoms with E-state index in [9.17, 15) is 22.4 Å². The third kappa shape index (κ3) is 4.35. The summed E-state index contributed by atoms with van der Waals surface area (Å²) in [6.45, 7) is 2.30. The lowest BCUT2D eigenvalue weighted by atomic mass is 9.85. The molecule has 0 aliphatic carbocycles. The number of alkyl halides is 3. The molecular weight excluding hydrogens is 428 g/mol. The summed E-state index contributed by atoms with van der Waals surface area (Å²) in [4.78, 5) is 18.3. The van der Waals surface area contributed by atoms with Gasteiger partial charge in [-0.25, -0.2) is 14.2 Å². The Labute approximate surface area is 182 Å². The van der Waals surface area contributed by atoms with Gasteiger partial charge < -0.3 is 20.7 Å². The number of nitrogens with one attached hydrogen (secondary N) is 1. The minimum Gasteiger partial charge on any atom is -0.452 e. The summed E-state index contributed by atoms with van der Waals surface area (Å²) >= 11 is 0. The SMILES string of the molecule is C[C@]1(c2cc(NC(=O)N3CCc4ccccc4C3)ccc2F)C[C@@H](C(F)(F)F)OC(N)=N1. The lowest BCUT2D eigenvalue weighted by molar-refractivity contribution is -0.208. The average Bonchev–Trinajstić information content (AvgIpc) is 2.73. The molecule has 4 rings (SSSR count). The summed E-state index contributed by atoms with van der Waals surface area (Å²) in [7, 11) is 0. The second-order valence-electron chi connectivity index (χ2n) is 8.14. The highest BCUT2D eigenvalue weighted by Gasteiger charge is 2.50. The number of amides is 2. The second-order valence-corrected chi connectivity index (χ2v) is 8.14. The fourth-order valence-electron chi connectivity index (χ4n) is 4.10. The molecule has 10 heteroatoms. The van der Waals surface area contributed by atoms with Gasteiger partial charge >= 0.3 is 12.2 Å². The van der Waals surface area contributed by atoms with Crippen molar-refractivity contribution in [3.63, 3.8) is 0 Å². The number of anilines is 1. The predicted octanol–water partition coefficient (Wildman–Crippen LogP) is 4.30. The number of rotatable bonds is 2. The Bertz CT molecular complexity index is 1070. The van der Waals surface area contributed by atoms with E-state index in [0.29, 0.717) is 19.5 Å². The molecule has 0 saturated carbocycles. The van der Waals surface area contributed by atoms with Crippen LogP contribution in [0.1, 0.15) is 30.0 Å². The maximum atomic E-state index is 14.7. The number of carbonyl (C=O) groups is 1. The molecule has 2 aromatic rings. The van der Waals surface area contributed by atoms with E-state index < -0.39 is 36.1 Å². The number of benzene rings is 2. The van der Waals surface area contributed by atoms with Crippen LogP contribution >= 0.6 is 0 Å². The highest BCUT2D eigenvalue weighted by molar-refractivity contribution is 5.89. The van der Waals surface area contributed by atoms with Crippen molar-refractivity contribution in [2.75, 3.05) is 11.9 Å². The Balaban J connectivity index is 1.55. The van der Waals surface area contributed by atoms with E-state index in [2.05, 4.69) is 15.0 Å². The Morgan fingerprint density at radius 3 is 2.69 bits per heavy atom. The molecular formula is C22H22F4N4O2. The van der Waals surface area contributed by atoms with Crippen molar-refractivity contribution in [2.24, 2.45) is 10.7 Å². The summed E-state index contributed by atoms with van der Waals surface area (Å²) in [6, 6.07) is 10.5. The van der Waals surface area contributed by atoms with E-state index in [-0.39, 0.29) is 17.3 Å². The van der Waals surface area contributed by atoms with Crippen LogP contribution in [0.3, 0.4) is 0 Å². The first-order valence-corrected chi connectivity index (χ1v) is 10.1. The van der Waals surface area contributed by atoms with Crippen LogP contribution in [0.15, 0.2) is 47.5 Å². The Hall–Kier alpha value is -3.30. The number of amidine groups is 1. The van der Waals surface area contributed by atoms with Crippen LogP contribution in [0.2, 0.25) is 0 Å². The number of carbonyl (C=O) groups excluding carboxylic acids is 1. The number of hydrogen-bond acceptors (Lipinski definition) is 4. The standard InChI is InChI=1S/C22H22F4N4O2/c1-21(11-18(22(24,25)26)32-19(27)29-21)16-10-15(6-7-17(16)23)28-20(31)30-9-8-13-4-2-3-5-14(13)12-30/h2-7,10,18H,8-9,11-12H2,1H3,(H2,27,29)(H,28,31)/t18-,21+/m0/s1. The Morgan fingerprint density at radius 2 is 1.97 bits per heavy atom. The van der Waals surface area contributed by atoms with E-state index in [1.807, 2.05) is 24.3 Å². The van der Waals surface area contributed by atoms with Crippen molar-refractivity contribution in [1.29, 1.82) is 0 Å². The molecule has 0 unspecified atom stereocenters. The average molecular weight is 450 g/mol. The number of hydrogen-bond donors (Lipinski definition) is 2. The molecule has 0 bridgehead atoms. The van der Waals surface area contributed by atoms with Gasteiger partial charge in [-0.3, -0.25) is 0 Å². The quantitative estimate of drug-likeness (QED) is 0.670. The molecule has 32 heavy (non-hydrogen) atoms. The molecule has 2 aromatic carbocycles. The zero-order valence-corrected chi connectivity index (χ0v) is 17.2.